The summed E-state index contributed by atoms with van der Waals surface area (Å²) < 4.78 is 6.88. The van der Waals surface area contributed by atoms with E-state index in [1.165, 1.54) is 15.9 Å². The van der Waals surface area contributed by atoms with Crippen molar-refractivity contribution in [3.63, 3.8) is 0 Å². The number of rotatable bonds is 10. The molecule has 2 nitrogen and oxygen atoms in total. The molecule has 0 aromatic heterocycles. The zero-order valence-electron chi connectivity index (χ0n) is 19.6. The molecule has 1 unspecified atom stereocenters. The first-order valence-corrected chi connectivity index (χ1v) is 13.5. The third kappa shape index (κ3) is 6.07. The van der Waals surface area contributed by atoms with E-state index in [-0.39, 0.29) is 5.04 Å². The van der Waals surface area contributed by atoms with Crippen LogP contribution in [0.1, 0.15) is 39.2 Å². The van der Waals surface area contributed by atoms with E-state index < -0.39 is 14.4 Å². The Morgan fingerprint density at radius 2 is 1.31 bits per heavy atom. The highest BCUT2D eigenvalue weighted by Crippen LogP contribution is 2.36. The SMILES string of the molecule is CC(C)(C)[Si](OCC/C=C\C(O)CCc1ccccc1)(c1ccccc1)c1ccccc1. The van der Waals surface area contributed by atoms with Crippen LogP contribution >= 0.6 is 0 Å². The molecule has 32 heavy (non-hydrogen) atoms. The number of hydrogen-bond acceptors (Lipinski definition) is 2. The van der Waals surface area contributed by atoms with E-state index in [0.717, 1.165) is 19.3 Å². The van der Waals surface area contributed by atoms with E-state index in [4.69, 9.17) is 4.43 Å². The zero-order valence-corrected chi connectivity index (χ0v) is 20.6. The second-order valence-corrected chi connectivity index (χ2v) is 13.6. The zero-order chi connectivity index (χ0) is 22.9. The van der Waals surface area contributed by atoms with E-state index in [1.807, 2.05) is 24.3 Å². The first-order valence-electron chi connectivity index (χ1n) is 11.6. The molecule has 3 heteroatoms. The Balaban J connectivity index is 1.68. The van der Waals surface area contributed by atoms with Gasteiger partial charge in [-0.15, -0.1) is 0 Å². The van der Waals surface area contributed by atoms with Crippen molar-refractivity contribution in [2.24, 2.45) is 0 Å². The maximum Gasteiger partial charge on any atom is 0.261 e. The van der Waals surface area contributed by atoms with Gasteiger partial charge in [0.2, 0.25) is 0 Å². The molecule has 0 radical (unpaired) electrons. The highest BCUT2D eigenvalue weighted by molar-refractivity contribution is 6.99. The number of aliphatic hydroxyl groups is 1. The van der Waals surface area contributed by atoms with Crippen LogP contribution in [-0.2, 0) is 10.8 Å². The fraction of sp³-hybridized carbons (Fsp3) is 0.310. The smallest absolute Gasteiger partial charge is 0.261 e. The molecule has 0 bridgehead atoms. The van der Waals surface area contributed by atoms with E-state index in [2.05, 4.69) is 99.6 Å². The Hall–Kier alpha value is -2.46. The van der Waals surface area contributed by atoms with Crippen molar-refractivity contribution < 1.29 is 9.53 Å². The second-order valence-electron chi connectivity index (χ2n) is 9.32. The number of aliphatic hydroxyl groups excluding tert-OH is 1. The average molecular weight is 445 g/mol. The lowest BCUT2D eigenvalue weighted by Crippen LogP contribution is -2.66. The second kappa shape index (κ2) is 11.4. The minimum Gasteiger partial charge on any atom is -0.407 e. The quantitative estimate of drug-likeness (QED) is 0.254. The summed E-state index contributed by atoms with van der Waals surface area (Å²) in [6.07, 6.45) is 5.95. The first-order chi connectivity index (χ1) is 15.4. The molecule has 0 aliphatic carbocycles. The maximum absolute atomic E-state index is 10.3. The molecule has 0 saturated carbocycles. The monoisotopic (exact) mass is 444 g/mol. The molecule has 3 aromatic rings. The molecule has 0 fully saturated rings. The fourth-order valence-corrected chi connectivity index (χ4v) is 8.93. The van der Waals surface area contributed by atoms with Gasteiger partial charge in [0.15, 0.2) is 0 Å². The molecule has 0 heterocycles. The molecule has 3 rings (SSSR count). The van der Waals surface area contributed by atoms with Crippen molar-refractivity contribution in [2.75, 3.05) is 6.61 Å². The summed E-state index contributed by atoms with van der Waals surface area (Å²) in [6.45, 7) is 7.52. The Morgan fingerprint density at radius 1 is 0.812 bits per heavy atom. The summed E-state index contributed by atoms with van der Waals surface area (Å²) in [7, 11) is -2.48. The van der Waals surface area contributed by atoms with Crippen molar-refractivity contribution in [1.29, 1.82) is 0 Å². The van der Waals surface area contributed by atoms with Crippen LogP contribution in [0.4, 0.5) is 0 Å². The lowest BCUT2D eigenvalue weighted by molar-refractivity contribution is 0.212. The van der Waals surface area contributed by atoms with Crippen LogP contribution in [0.15, 0.2) is 103 Å². The molecule has 1 N–H and O–H groups in total. The van der Waals surface area contributed by atoms with Crippen LogP contribution in [0, 0.1) is 0 Å². The van der Waals surface area contributed by atoms with Crippen LogP contribution in [0.2, 0.25) is 5.04 Å². The van der Waals surface area contributed by atoms with Crippen LogP contribution < -0.4 is 10.4 Å². The number of hydrogen-bond donors (Lipinski definition) is 1. The predicted octanol–water partition coefficient (Wildman–Crippen LogP) is 5.50. The summed E-state index contributed by atoms with van der Waals surface area (Å²) in [4.78, 5) is 0. The van der Waals surface area contributed by atoms with Crippen molar-refractivity contribution in [3.05, 3.63) is 109 Å². The van der Waals surface area contributed by atoms with Gasteiger partial charge in [0, 0.05) is 6.61 Å². The topological polar surface area (TPSA) is 29.5 Å². The van der Waals surface area contributed by atoms with Crippen LogP contribution in [0.25, 0.3) is 0 Å². The molecule has 0 aliphatic rings. The van der Waals surface area contributed by atoms with Gasteiger partial charge < -0.3 is 9.53 Å². The Morgan fingerprint density at radius 3 is 1.81 bits per heavy atom. The largest absolute Gasteiger partial charge is 0.407 e. The lowest BCUT2D eigenvalue weighted by Gasteiger charge is -2.43. The molecule has 0 aliphatic heterocycles. The Bertz CT molecular complexity index is 907. The molecule has 1 atom stereocenters. The molecule has 0 saturated heterocycles. The lowest BCUT2D eigenvalue weighted by atomic mass is 10.1. The summed E-state index contributed by atoms with van der Waals surface area (Å²) in [6, 6.07) is 31.7. The van der Waals surface area contributed by atoms with Gasteiger partial charge >= 0.3 is 0 Å². The van der Waals surface area contributed by atoms with Gasteiger partial charge in [0.25, 0.3) is 8.32 Å². The van der Waals surface area contributed by atoms with Crippen LogP contribution in [0.3, 0.4) is 0 Å². The molecule has 168 valence electrons. The van der Waals surface area contributed by atoms with Gasteiger partial charge in [0.1, 0.15) is 0 Å². The number of aryl methyl sites for hydroxylation is 1. The van der Waals surface area contributed by atoms with Crippen LogP contribution in [0.5, 0.6) is 0 Å². The van der Waals surface area contributed by atoms with Crippen molar-refractivity contribution in [2.45, 2.75) is 51.2 Å². The summed E-state index contributed by atoms with van der Waals surface area (Å²) in [5.74, 6) is 0. The standard InChI is InChI=1S/C29H36O2Si/c1-29(2,3)32(27-18-9-5-10-19-27,28-20-11-6-12-21-28)31-24-14-13-17-26(30)23-22-25-15-7-4-8-16-25/h4-13,15-21,26,30H,14,22-24H2,1-3H3/b17-13-. The highest BCUT2D eigenvalue weighted by atomic mass is 28.4. The highest BCUT2D eigenvalue weighted by Gasteiger charge is 2.49. The number of benzene rings is 3. The van der Waals surface area contributed by atoms with E-state index in [9.17, 15) is 5.11 Å². The van der Waals surface area contributed by atoms with Crippen molar-refractivity contribution in [1.82, 2.24) is 0 Å². The van der Waals surface area contributed by atoms with E-state index in [1.54, 1.807) is 0 Å². The first kappa shape index (κ1) is 24.2. The Kier molecular flexibility index (Phi) is 8.63. The average Bonchev–Trinajstić information content (AvgIpc) is 2.81. The minimum atomic E-state index is -2.48. The third-order valence-electron chi connectivity index (χ3n) is 5.95. The third-order valence-corrected chi connectivity index (χ3v) is 11.0. The Labute approximate surface area is 194 Å². The minimum absolute atomic E-state index is 0.0192. The van der Waals surface area contributed by atoms with Gasteiger partial charge in [-0.05, 0) is 40.2 Å². The molecular weight excluding hydrogens is 408 g/mol. The maximum atomic E-state index is 10.3. The fourth-order valence-electron chi connectivity index (χ4n) is 4.35. The van der Waals surface area contributed by atoms with E-state index >= 15 is 0 Å². The van der Waals surface area contributed by atoms with Gasteiger partial charge in [-0.3, -0.25) is 0 Å². The molecule has 0 amide bonds. The van der Waals surface area contributed by atoms with Crippen molar-refractivity contribution >= 4 is 18.7 Å². The van der Waals surface area contributed by atoms with E-state index in [0.29, 0.717) is 6.61 Å². The normalized spacial score (nSPS) is 13.4. The van der Waals surface area contributed by atoms with Crippen LogP contribution in [-0.4, -0.2) is 26.1 Å². The van der Waals surface area contributed by atoms with Gasteiger partial charge in [-0.25, -0.2) is 0 Å². The molecule has 0 spiro atoms. The van der Waals surface area contributed by atoms with Crippen molar-refractivity contribution in [3.8, 4) is 0 Å². The predicted molar refractivity (Wildman–Crippen MR) is 138 cm³/mol. The summed E-state index contributed by atoms with van der Waals surface area (Å²) >= 11 is 0. The van der Waals surface area contributed by atoms with Gasteiger partial charge in [-0.2, -0.15) is 0 Å². The van der Waals surface area contributed by atoms with Gasteiger partial charge in [-0.1, -0.05) is 124 Å². The summed E-state index contributed by atoms with van der Waals surface area (Å²) in [5, 5.41) is 12.9. The molecular formula is C29H36O2Si. The van der Waals surface area contributed by atoms with Gasteiger partial charge in [0.05, 0.1) is 6.10 Å². The molecule has 3 aromatic carbocycles. The summed E-state index contributed by atoms with van der Waals surface area (Å²) in [5.41, 5.74) is 1.26.